The first-order valence-electron chi connectivity index (χ1n) is 11.7. The van der Waals surface area contributed by atoms with Crippen LogP contribution in [0.2, 0.25) is 5.02 Å². The fourth-order valence-corrected chi connectivity index (χ4v) is 6.45. The summed E-state index contributed by atoms with van der Waals surface area (Å²) in [4.78, 5) is 42.4. The minimum atomic E-state index is -1.18. The maximum Gasteiger partial charge on any atom is 0.250 e. The van der Waals surface area contributed by atoms with Crippen LogP contribution in [0.15, 0.2) is 54.6 Å². The molecule has 3 N–H and O–H groups in total. The van der Waals surface area contributed by atoms with Crippen LogP contribution in [0.5, 0.6) is 0 Å². The molecule has 0 radical (unpaired) electrons. The molecule has 35 heavy (non-hydrogen) atoms. The number of carbonyl (C=O) groups is 3. The zero-order chi connectivity index (χ0) is 25.0. The Morgan fingerprint density at radius 2 is 1.83 bits per heavy atom. The standard InChI is InChI=1S/C26H28ClN3O5/c1-25-12-13-26(35-25)20(19(25)22(32)28-2)24(34)30(18(14-31)15-6-4-3-5-7-15)21(26)23(33)29-17-10-8-16(27)9-11-17/h3-11,18-21,31H,12-14H2,1-2H3,(H,28,32)(H,29,33)/t18-,19-,20+,21?,25+,26?/m1/s1. The number of aliphatic hydroxyl groups is 1. The van der Waals surface area contributed by atoms with E-state index in [2.05, 4.69) is 10.6 Å². The number of nitrogens with zero attached hydrogens (tertiary/aromatic N) is 1. The van der Waals surface area contributed by atoms with Crippen LogP contribution in [0, 0.1) is 11.8 Å². The molecule has 2 aromatic rings. The van der Waals surface area contributed by atoms with Gasteiger partial charge in [0.15, 0.2) is 0 Å². The number of halogens is 1. The summed E-state index contributed by atoms with van der Waals surface area (Å²) in [5, 5.41) is 16.5. The molecule has 184 valence electrons. The molecule has 2 bridgehead atoms. The summed E-state index contributed by atoms with van der Waals surface area (Å²) in [5.41, 5.74) is -0.816. The minimum absolute atomic E-state index is 0.286. The van der Waals surface area contributed by atoms with E-state index in [-0.39, 0.29) is 18.4 Å². The molecular weight excluding hydrogens is 470 g/mol. The molecule has 3 aliphatic rings. The van der Waals surface area contributed by atoms with Crippen LogP contribution in [0.1, 0.15) is 31.4 Å². The van der Waals surface area contributed by atoms with Crippen molar-refractivity contribution < 1.29 is 24.2 Å². The number of anilines is 1. The largest absolute Gasteiger partial charge is 0.394 e. The molecular formula is C26H28ClN3O5. The molecule has 0 saturated carbocycles. The Bertz CT molecular complexity index is 1160. The second kappa shape index (κ2) is 8.62. The number of ether oxygens (including phenoxy) is 1. The van der Waals surface area contributed by atoms with Gasteiger partial charge in [0.1, 0.15) is 11.6 Å². The van der Waals surface area contributed by atoms with Gasteiger partial charge in [-0.05, 0) is 49.6 Å². The average molecular weight is 498 g/mol. The number of aliphatic hydroxyl groups excluding tert-OH is 1. The van der Waals surface area contributed by atoms with Crippen molar-refractivity contribution in [2.45, 2.75) is 43.1 Å². The molecule has 9 heteroatoms. The third-order valence-corrected chi connectivity index (χ3v) is 8.05. The smallest absolute Gasteiger partial charge is 0.250 e. The van der Waals surface area contributed by atoms with E-state index < -0.39 is 41.0 Å². The van der Waals surface area contributed by atoms with Crippen LogP contribution >= 0.6 is 11.6 Å². The number of likely N-dealkylation sites (tertiary alicyclic amines) is 1. The molecule has 3 fully saturated rings. The third-order valence-electron chi connectivity index (χ3n) is 7.80. The normalized spacial score (nSPS) is 31.8. The molecule has 0 aromatic heterocycles. The lowest BCUT2D eigenvalue weighted by Gasteiger charge is -2.37. The predicted molar refractivity (Wildman–Crippen MR) is 129 cm³/mol. The summed E-state index contributed by atoms with van der Waals surface area (Å²) < 4.78 is 6.54. The summed E-state index contributed by atoms with van der Waals surface area (Å²) >= 11 is 5.99. The van der Waals surface area contributed by atoms with Gasteiger partial charge >= 0.3 is 0 Å². The molecule has 1 spiro atoms. The number of hydrogen-bond acceptors (Lipinski definition) is 5. The summed E-state index contributed by atoms with van der Waals surface area (Å²) in [6.45, 7) is 1.46. The van der Waals surface area contributed by atoms with E-state index in [1.54, 1.807) is 24.3 Å². The monoisotopic (exact) mass is 497 g/mol. The highest BCUT2D eigenvalue weighted by molar-refractivity contribution is 6.30. The Morgan fingerprint density at radius 1 is 1.14 bits per heavy atom. The molecule has 2 aromatic carbocycles. The number of benzene rings is 2. The van der Waals surface area contributed by atoms with E-state index in [1.807, 2.05) is 37.3 Å². The number of fused-ring (bicyclic) bond motifs is 1. The van der Waals surface area contributed by atoms with Gasteiger partial charge in [-0.15, -0.1) is 0 Å². The van der Waals surface area contributed by atoms with Crippen molar-refractivity contribution in [3.05, 3.63) is 65.2 Å². The number of amides is 3. The summed E-state index contributed by atoms with van der Waals surface area (Å²) in [5.74, 6) is -2.65. The molecule has 0 aliphatic carbocycles. The van der Waals surface area contributed by atoms with Crippen molar-refractivity contribution >= 4 is 35.0 Å². The van der Waals surface area contributed by atoms with Crippen LogP contribution in [0.25, 0.3) is 0 Å². The Labute approximate surface area is 208 Å². The Kier molecular flexibility index (Phi) is 5.86. The Balaban J connectivity index is 1.61. The maximum absolute atomic E-state index is 14.1. The van der Waals surface area contributed by atoms with Crippen molar-refractivity contribution in [3.8, 4) is 0 Å². The SMILES string of the molecule is CNC(=O)[C@H]1[C@H]2C(=O)N([C@H](CO)c3ccccc3)C(C(=O)Nc3ccc(Cl)cc3)C23CC[C@]1(C)O3. The van der Waals surface area contributed by atoms with Crippen molar-refractivity contribution in [3.63, 3.8) is 0 Å². The van der Waals surface area contributed by atoms with Gasteiger partial charge in [-0.2, -0.15) is 0 Å². The Hall–Kier alpha value is -2.94. The molecule has 6 atom stereocenters. The average Bonchev–Trinajstić information content (AvgIpc) is 3.42. The quantitative estimate of drug-likeness (QED) is 0.568. The van der Waals surface area contributed by atoms with Gasteiger partial charge in [-0.25, -0.2) is 0 Å². The first-order valence-corrected chi connectivity index (χ1v) is 12.1. The maximum atomic E-state index is 14.1. The van der Waals surface area contributed by atoms with Crippen LogP contribution in [0.3, 0.4) is 0 Å². The third kappa shape index (κ3) is 3.54. The number of carbonyl (C=O) groups excluding carboxylic acids is 3. The zero-order valence-electron chi connectivity index (χ0n) is 19.5. The lowest BCUT2D eigenvalue weighted by atomic mass is 9.66. The summed E-state index contributed by atoms with van der Waals surface area (Å²) in [6.07, 6.45) is 0.998. The van der Waals surface area contributed by atoms with Crippen molar-refractivity contribution in [1.29, 1.82) is 0 Å². The summed E-state index contributed by atoms with van der Waals surface area (Å²) in [7, 11) is 1.53. The van der Waals surface area contributed by atoms with Crippen LogP contribution in [-0.2, 0) is 19.1 Å². The highest BCUT2D eigenvalue weighted by Gasteiger charge is 2.78. The lowest BCUT2D eigenvalue weighted by molar-refractivity contribution is -0.148. The van der Waals surface area contributed by atoms with E-state index in [9.17, 15) is 19.5 Å². The van der Waals surface area contributed by atoms with Crippen LogP contribution < -0.4 is 10.6 Å². The van der Waals surface area contributed by atoms with E-state index in [1.165, 1.54) is 11.9 Å². The van der Waals surface area contributed by atoms with Gasteiger partial charge < -0.3 is 25.4 Å². The highest BCUT2D eigenvalue weighted by atomic mass is 35.5. The fraction of sp³-hybridized carbons (Fsp3) is 0.423. The van der Waals surface area contributed by atoms with Gasteiger partial charge in [-0.3, -0.25) is 14.4 Å². The number of nitrogens with one attached hydrogen (secondary N) is 2. The zero-order valence-corrected chi connectivity index (χ0v) is 20.3. The van der Waals surface area contributed by atoms with E-state index in [0.717, 1.165) is 0 Å². The second-order valence-corrected chi connectivity index (χ2v) is 10.1. The van der Waals surface area contributed by atoms with Gasteiger partial charge in [0.2, 0.25) is 17.7 Å². The molecule has 2 unspecified atom stereocenters. The number of rotatable bonds is 6. The first-order chi connectivity index (χ1) is 16.8. The van der Waals surface area contributed by atoms with Crippen molar-refractivity contribution in [2.75, 3.05) is 19.0 Å². The van der Waals surface area contributed by atoms with E-state index in [4.69, 9.17) is 16.3 Å². The fourth-order valence-electron chi connectivity index (χ4n) is 6.33. The molecule has 3 aliphatic heterocycles. The van der Waals surface area contributed by atoms with Crippen molar-refractivity contribution in [1.82, 2.24) is 10.2 Å². The molecule has 3 heterocycles. The minimum Gasteiger partial charge on any atom is -0.394 e. The molecule has 3 amide bonds. The van der Waals surface area contributed by atoms with Gasteiger partial charge in [0, 0.05) is 17.8 Å². The second-order valence-electron chi connectivity index (χ2n) is 9.69. The predicted octanol–water partition coefficient (Wildman–Crippen LogP) is 2.52. The van der Waals surface area contributed by atoms with Gasteiger partial charge in [-0.1, -0.05) is 41.9 Å². The van der Waals surface area contributed by atoms with Crippen LogP contribution in [0.4, 0.5) is 5.69 Å². The first kappa shape index (κ1) is 23.8. The molecule has 3 saturated heterocycles. The highest BCUT2D eigenvalue weighted by Crippen LogP contribution is 2.64. The van der Waals surface area contributed by atoms with Gasteiger partial charge in [0.05, 0.1) is 30.1 Å². The lowest BCUT2D eigenvalue weighted by Crippen LogP contribution is -2.54. The van der Waals surface area contributed by atoms with Gasteiger partial charge in [0.25, 0.3) is 0 Å². The topological polar surface area (TPSA) is 108 Å². The van der Waals surface area contributed by atoms with Crippen LogP contribution in [-0.4, -0.2) is 58.6 Å². The molecule has 8 nitrogen and oxygen atoms in total. The Morgan fingerprint density at radius 3 is 2.46 bits per heavy atom. The molecule has 5 rings (SSSR count). The summed E-state index contributed by atoms with van der Waals surface area (Å²) in [6, 6.07) is 14.0. The van der Waals surface area contributed by atoms with E-state index >= 15 is 0 Å². The number of hydrogen-bond donors (Lipinski definition) is 3. The van der Waals surface area contributed by atoms with E-state index in [0.29, 0.717) is 29.1 Å². The van der Waals surface area contributed by atoms with Crippen molar-refractivity contribution in [2.24, 2.45) is 11.8 Å².